The van der Waals surface area contributed by atoms with Crippen molar-refractivity contribution in [3.05, 3.63) is 47.5 Å². The number of carbonyl (C=O) groups is 1. The summed E-state index contributed by atoms with van der Waals surface area (Å²) in [7, 11) is 1.87. The number of aromatic nitrogens is 2. The fraction of sp³-hybridized carbons (Fsp3) is 0.333. The number of carbonyl (C=O) groups excluding carboxylic acids is 1. The average molecular weight is 272 g/mol. The van der Waals surface area contributed by atoms with Crippen molar-refractivity contribution in [2.45, 2.75) is 26.3 Å². The van der Waals surface area contributed by atoms with E-state index in [4.69, 9.17) is 0 Å². The van der Waals surface area contributed by atoms with Gasteiger partial charge in [0.05, 0.1) is 6.04 Å². The van der Waals surface area contributed by atoms with E-state index >= 15 is 0 Å². The maximum Gasteiger partial charge on any atom is 0.251 e. The minimum Gasteiger partial charge on any atom is -0.388 e. The third kappa shape index (κ3) is 2.99. The van der Waals surface area contributed by atoms with Crippen molar-refractivity contribution in [3.63, 3.8) is 0 Å². The zero-order valence-electron chi connectivity index (χ0n) is 12.0. The lowest BCUT2D eigenvalue weighted by Gasteiger charge is -2.15. The molecule has 5 nitrogen and oxygen atoms in total. The van der Waals surface area contributed by atoms with Gasteiger partial charge in [0.25, 0.3) is 5.91 Å². The first-order valence-electron chi connectivity index (χ1n) is 6.74. The quantitative estimate of drug-likeness (QED) is 0.783. The molecule has 0 spiro atoms. The van der Waals surface area contributed by atoms with Gasteiger partial charge in [-0.05, 0) is 37.1 Å². The first-order chi connectivity index (χ1) is 9.65. The Kier molecular flexibility index (Phi) is 4.40. The number of aromatic amines is 1. The summed E-state index contributed by atoms with van der Waals surface area (Å²) in [5.74, 6) is 0.698. The van der Waals surface area contributed by atoms with Crippen LogP contribution in [0.1, 0.15) is 41.1 Å². The lowest BCUT2D eigenvalue weighted by atomic mass is 10.1. The molecule has 3 N–H and O–H groups in total. The zero-order chi connectivity index (χ0) is 14.5. The van der Waals surface area contributed by atoms with Crippen LogP contribution in [-0.2, 0) is 0 Å². The van der Waals surface area contributed by atoms with Gasteiger partial charge in [0.15, 0.2) is 0 Å². The zero-order valence-corrected chi connectivity index (χ0v) is 12.0. The van der Waals surface area contributed by atoms with Gasteiger partial charge in [0, 0.05) is 30.7 Å². The summed E-state index contributed by atoms with van der Waals surface area (Å²) in [4.78, 5) is 19.5. The van der Waals surface area contributed by atoms with Crippen molar-refractivity contribution in [2.24, 2.45) is 0 Å². The highest BCUT2D eigenvalue weighted by atomic mass is 16.1. The molecule has 106 valence electrons. The Morgan fingerprint density at radius 1 is 1.45 bits per heavy atom. The Labute approximate surface area is 118 Å². The monoisotopic (exact) mass is 272 g/mol. The molecule has 1 aromatic carbocycles. The molecule has 0 aliphatic rings. The van der Waals surface area contributed by atoms with E-state index in [2.05, 4.69) is 20.6 Å². The maximum absolute atomic E-state index is 12.3. The van der Waals surface area contributed by atoms with Crippen molar-refractivity contribution in [3.8, 4) is 0 Å². The van der Waals surface area contributed by atoms with Crippen LogP contribution in [-0.4, -0.2) is 22.9 Å². The SMILES string of the molecule is CCC(NC(=O)c1ccc(NC)c(C)c1)c1ncc[nH]1. The summed E-state index contributed by atoms with van der Waals surface area (Å²) in [5, 5.41) is 6.09. The van der Waals surface area contributed by atoms with Gasteiger partial charge < -0.3 is 15.6 Å². The van der Waals surface area contributed by atoms with Crippen LogP contribution >= 0.6 is 0 Å². The Bertz CT molecular complexity index is 578. The molecule has 1 amide bonds. The summed E-state index contributed by atoms with van der Waals surface area (Å²) in [6.45, 7) is 4.00. The molecule has 1 heterocycles. The maximum atomic E-state index is 12.3. The first-order valence-corrected chi connectivity index (χ1v) is 6.74. The van der Waals surface area contributed by atoms with E-state index < -0.39 is 0 Å². The summed E-state index contributed by atoms with van der Waals surface area (Å²) < 4.78 is 0. The van der Waals surface area contributed by atoms with E-state index in [0.717, 1.165) is 23.5 Å². The second-order valence-electron chi connectivity index (χ2n) is 4.69. The van der Waals surface area contributed by atoms with Gasteiger partial charge in [-0.25, -0.2) is 4.98 Å². The standard InChI is InChI=1S/C15H20N4O/c1-4-12(14-17-7-8-18-14)19-15(20)11-5-6-13(16-3)10(2)9-11/h5-9,12,16H,4H2,1-3H3,(H,17,18)(H,19,20). The molecule has 1 unspecified atom stereocenters. The molecule has 0 bridgehead atoms. The number of H-pyrrole nitrogens is 1. The second kappa shape index (κ2) is 6.23. The van der Waals surface area contributed by atoms with Crippen molar-refractivity contribution in [1.29, 1.82) is 0 Å². The fourth-order valence-electron chi connectivity index (χ4n) is 2.16. The minimum absolute atomic E-state index is 0.0843. The normalized spacial score (nSPS) is 11.9. The lowest BCUT2D eigenvalue weighted by Crippen LogP contribution is -2.29. The highest BCUT2D eigenvalue weighted by Gasteiger charge is 2.16. The highest BCUT2D eigenvalue weighted by Crippen LogP contribution is 2.17. The molecule has 5 heteroatoms. The Morgan fingerprint density at radius 3 is 2.80 bits per heavy atom. The van der Waals surface area contributed by atoms with Crippen molar-refractivity contribution >= 4 is 11.6 Å². The van der Waals surface area contributed by atoms with E-state index in [-0.39, 0.29) is 11.9 Å². The van der Waals surface area contributed by atoms with Crippen LogP contribution in [0.5, 0.6) is 0 Å². The van der Waals surface area contributed by atoms with Gasteiger partial charge in [-0.2, -0.15) is 0 Å². The summed E-state index contributed by atoms with van der Waals surface area (Å²) >= 11 is 0. The third-order valence-electron chi connectivity index (χ3n) is 3.32. The predicted molar refractivity (Wildman–Crippen MR) is 79.8 cm³/mol. The molecule has 0 fully saturated rings. The van der Waals surface area contributed by atoms with Crippen LogP contribution in [0.2, 0.25) is 0 Å². The van der Waals surface area contributed by atoms with Crippen LogP contribution in [0.25, 0.3) is 0 Å². The van der Waals surface area contributed by atoms with E-state index in [1.165, 1.54) is 0 Å². The smallest absolute Gasteiger partial charge is 0.251 e. The van der Waals surface area contributed by atoms with Crippen LogP contribution in [0.3, 0.4) is 0 Å². The van der Waals surface area contributed by atoms with Gasteiger partial charge in [0.1, 0.15) is 5.82 Å². The number of hydrogen-bond acceptors (Lipinski definition) is 3. The number of rotatable bonds is 5. The number of anilines is 1. The number of nitrogens with one attached hydrogen (secondary N) is 3. The minimum atomic E-state index is -0.0956. The lowest BCUT2D eigenvalue weighted by molar-refractivity contribution is 0.0934. The number of hydrogen-bond donors (Lipinski definition) is 3. The molecule has 20 heavy (non-hydrogen) atoms. The molecular formula is C15H20N4O. The predicted octanol–water partition coefficient (Wildman–Crippen LogP) is 2.64. The van der Waals surface area contributed by atoms with Crippen LogP contribution in [0.4, 0.5) is 5.69 Å². The number of nitrogens with zero attached hydrogens (tertiary/aromatic N) is 1. The fourth-order valence-corrected chi connectivity index (χ4v) is 2.16. The number of aryl methyl sites for hydroxylation is 1. The van der Waals surface area contributed by atoms with Crippen molar-refractivity contribution < 1.29 is 4.79 Å². The number of benzene rings is 1. The molecular weight excluding hydrogens is 252 g/mol. The van der Waals surface area contributed by atoms with Gasteiger partial charge in [-0.3, -0.25) is 4.79 Å². The Morgan fingerprint density at radius 2 is 2.25 bits per heavy atom. The Hall–Kier alpha value is -2.30. The molecule has 2 aromatic rings. The number of imidazole rings is 1. The molecule has 0 saturated carbocycles. The largest absolute Gasteiger partial charge is 0.388 e. The summed E-state index contributed by atoms with van der Waals surface area (Å²) in [6.07, 6.45) is 4.23. The van der Waals surface area contributed by atoms with E-state index in [1.54, 1.807) is 12.4 Å². The van der Waals surface area contributed by atoms with Crippen LogP contribution in [0, 0.1) is 6.92 Å². The second-order valence-corrected chi connectivity index (χ2v) is 4.69. The Balaban J connectivity index is 2.13. The van der Waals surface area contributed by atoms with Gasteiger partial charge in [-0.15, -0.1) is 0 Å². The van der Waals surface area contributed by atoms with Gasteiger partial charge in [0.2, 0.25) is 0 Å². The molecule has 1 aromatic heterocycles. The summed E-state index contributed by atoms with van der Waals surface area (Å²) in [5.41, 5.74) is 2.73. The van der Waals surface area contributed by atoms with Gasteiger partial charge >= 0.3 is 0 Å². The molecule has 0 aliphatic carbocycles. The molecule has 0 saturated heterocycles. The van der Waals surface area contributed by atoms with E-state index in [1.807, 2.05) is 39.1 Å². The molecule has 0 radical (unpaired) electrons. The van der Waals surface area contributed by atoms with E-state index in [9.17, 15) is 4.79 Å². The molecule has 2 rings (SSSR count). The topological polar surface area (TPSA) is 69.8 Å². The molecule has 0 aliphatic heterocycles. The highest BCUT2D eigenvalue weighted by molar-refractivity contribution is 5.95. The third-order valence-corrected chi connectivity index (χ3v) is 3.32. The first kappa shape index (κ1) is 14.1. The van der Waals surface area contributed by atoms with E-state index in [0.29, 0.717) is 5.56 Å². The van der Waals surface area contributed by atoms with Crippen LogP contribution < -0.4 is 10.6 Å². The average Bonchev–Trinajstić information content (AvgIpc) is 2.98. The van der Waals surface area contributed by atoms with Crippen molar-refractivity contribution in [1.82, 2.24) is 15.3 Å². The van der Waals surface area contributed by atoms with Crippen molar-refractivity contribution in [2.75, 3.05) is 12.4 Å². The number of amides is 1. The van der Waals surface area contributed by atoms with Gasteiger partial charge in [-0.1, -0.05) is 6.92 Å². The molecule has 1 atom stereocenters. The summed E-state index contributed by atoms with van der Waals surface area (Å²) in [6, 6.07) is 5.53. The van der Waals surface area contributed by atoms with Crippen LogP contribution in [0.15, 0.2) is 30.6 Å².